The van der Waals surface area contributed by atoms with Crippen molar-refractivity contribution in [2.24, 2.45) is 5.73 Å². The molecule has 1 atom stereocenters. The van der Waals surface area contributed by atoms with Crippen LogP contribution in [0.25, 0.3) is 0 Å². The highest BCUT2D eigenvalue weighted by Gasteiger charge is 2.22. The Hall–Kier alpha value is -2.62. The van der Waals surface area contributed by atoms with E-state index in [0.29, 0.717) is 11.3 Å². The standard InChI is InChI=1S/C16H16N2O2/c17-14-9-5-4-8-12(14)15(19)10-13(16(18)20)11-6-2-1-3-7-11/h1-9,13H,10,17H2,(H2,18,20). The maximum absolute atomic E-state index is 12.3. The number of benzene rings is 2. The van der Waals surface area contributed by atoms with E-state index >= 15 is 0 Å². The maximum Gasteiger partial charge on any atom is 0.225 e. The van der Waals surface area contributed by atoms with Gasteiger partial charge >= 0.3 is 0 Å². The predicted molar refractivity (Wildman–Crippen MR) is 78.2 cm³/mol. The second-order valence-electron chi connectivity index (χ2n) is 4.58. The van der Waals surface area contributed by atoms with E-state index in [-0.39, 0.29) is 12.2 Å². The summed E-state index contributed by atoms with van der Waals surface area (Å²) in [6.07, 6.45) is 0.0214. The Morgan fingerprint density at radius 1 is 0.950 bits per heavy atom. The van der Waals surface area contributed by atoms with Gasteiger partial charge in [0.15, 0.2) is 5.78 Å². The molecule has 0 spiro atoms. The SMILES string of the molecule is NC(=O)C(CC(=O)c1ccccc1N)c1ccccc1. The molecule has 1 amide bonds. The number of Topliss-reactive ketones (excluding diaryl/α,β-unsaturated/α-hetero) is 1. The lowest BCUT2D eigenvalue weighted by Crippen LogP contribution is -2.24. The van der Waals surface area contributed by atoms with Crippen molar-refractivity contribution >= 4 is 17.4 Å². The molecular formula is C16H16N2O2. The average Bonchev–Trinajstić information content (AvgIpc) is 2.45. The molecule has 102 valence electrons. The average molecular weight is 268 g/mol. The zero-order chi connectivity index (χ0) is 14.5. The molecule has 0 radical (unpaired) electrons. The molecule has 0 heterocycles. The van der Waals surface area contributed by atoms with Crippen LogP contribution in [0, 0.1) is 0 Å². The lowest BCUT2D eigenvalue weighted by atomic mass is 9.90. The minimum absolute atomic E-state index is 0.0214. The van der Waals surface area contributed by atoms with E-state index in [4.69, 9.17) is 11.5 Å². The Labute approximate surface area is 117 Å². The monoisotopic (exact) mass is 268 g/mol. The van der Waals surface area contributed by atoms with Crippen molar-refractivity contribution in [3.05, 3.63) is 65.7 Å². The molecule has 2 rings (SSSR count). The molecule has 4 N–H and O–H groups in total. The van der Waals surface area contributed by atoms with E-state index in [1.165, 1.54) is 0 Å². The topological polar surface area (TPSA) is 86.2 Å². The van der Waals surface area contributed by atoms with Crippen LogP contribution in [0.2, 0.25) is 0 Å². The first kappa shape index (κ1) is 13.8. The second-order valence-corrected chi connectivity index (χ2v) is 4.58. The van der Waals surface area contributed by atoms with Gasteiger partial charge in [-0.15, -0.1) is 0 Å². The van der Waals surface area contributed by atoms with E-state index in [2.05, 4.69) is 0 Å². The van der Waals surface area contributed by atoms with Gasteiger partial charge in [0.1, 0.15) is 0 Å². The van der Waals surface area contributed by atoms with Gasteiger partial charge in [-0.1, -0.05) is 42.5 Å². The first-order chi connectivity index (χ1) is 9.59. The van der Waals surface area contributed by atoms with Gasteiger partial charge in [-0.25, -0.2) is 0 Å². The Bertz CT molecular complexity index is 623. The van der Waals surface area contributed by atoms with Crippen molar-refractivity contribution < 1.29 is 9.59 Å². The molecule has 2 aromatic rings. The number of anilines is 1. The fraction of sp³-hybridized carbons (Fsp3) is 0.125. The van der Waals surface area contributed by atoms with Gasteiger partial charge in [0, 0.05) is 17.7 Å². The van der Waals surface area contributed by atoms with Crippen LogP contribution in [0.5, 0.6) is 0 Å². The Morgan fingerprint density at radius 3 is 2.15 bits per heavy atom. The van der Waals surface area contributed by atoms with Crippen LogP contribution in [0.3, 0.4) is 0 Å². The Morgan fingerprint density at radius 2 is 1.55 bits per heavy atom. The third-order valence-corrected chi connectivity index (χ3v) is 3.20. The van der Waals surface area contributed by atoms with Crippen molar-refractivity contribution in [1.29, 1.82) is 0 Å². The number of hydrogen-bond donors (Lipinski definition) is 2. The number of ketones is 1. The number of para-hydroxylation sites is 1. The predicted octanol–water partition coefficient (Wildman–Crippen LogP) is 2.11. The van der Waals surface area contributed by atoms with Crippen molar-refractivity contribution in [2.75, 3.05) is 5.73 Å². The van der Waals surface area contributed by atoms with E-state index in [9.17, 15) is 9.59 Å². The molecule has 0 aromatic heterocycles. The molecule has 0 aliphatic rings. The number of primary amides is 1. The van der Waals surface area contributed by atoms with Crippen LogP contribution in [-0.2, 0) is 4.79 Å². The highest BCUT2D eigenvalue weighted by atomic mass is 16.1. The minimum atomic E-state index is -0.636. The summed E-state index contributed by atoms with van der Waals surface area (Å²) in [5, 5.41) is 0. The molecule has 4 heteroatoms. The van der Waals surface area contributed by atoms with Crippen LogP contribution in [0.4, 0.5) is 5.69 Å². The highest BCUT2D eigenvalue weighted by molar-refractivity contribution is 6.03. The molecule has 0 bridgehead atoms. The Kier molecular flexibility index (Phi) is 4.15. The molecule has 4 nitrogen and oxygen atoms in total. The second kappa shape index (κ2) is 6.02. The molecule has 0 saturated carbocycles. The van der Waals surface area contributed by atoms with Gasteiger partial charge < -0.3 is 11.5 Å². The summed E-state index contributed by atoms with van der Waals surface area (Å²) < 4.78 is 0. The number of amides is 1. The summed E-state index contributed by atoms with van der Waals surface area (Å²) in [5.41, 5.74) is 12.8. The minimum Gasteiger partial charge on any atom is -0.398 e. The van der Waals surface area contributed by atoms with Gasteiger partial charge in [0.25, 0.3) is 0 Å². The van der Waals surface area contributed by atoms with Gasteiger partial charge in [0.2, 0.25) is 5.91 Å². The van der Waals surface area contributed by atoms with Crippen LogP contribution < -0.4 is 11.5 Å². The summed E-state index contributed by atoms with van der Waals surface area (Å²) in [6.45, 7) is 0. The molecule has 20 heavy (non-hydrogen) atoms. The summed E-state index contributed by atoms with van der Waals surface area (Å²) in [4.78, 5) is 23.9. The fourth-order valence-electron chi connectivity index (χ4n) is 2.11. The Balaban J connectivity index is 2.24. The molecule has 0 saturated heterocycles. The number of nitrogens with two attached hydrogens (primary N) is 2. The lowest BCUT2D eigenvalue weighted by molar-refractivity contribution is -0.119. The number of carbonyl (C=O) groups excluding carboxylic acids is 2. The van der Waals surface area contributed by atoms with Crippen molar-refractivity contribution in [3.63, 3.8) is 0 Å². The maximum atomic E-state index is 12.3. The third-order valence-electron chi connectivity index (χ3n) is 3.20. The normalized spacial score (nSPS) is 11.8. The van der Waals surface area contributed by atoms with Gasteiger partial charge in [0.05, 0.1) is 5.92 Å². The molecule has 0 aliphatic carbocycles. The smallest absolute Gasteiger partial charge is 0.225 e. The van der Waals surface area contributed by atoms with Crippen molar-refractivity contribution in [1.82, 2.24) is 0 Å². The molecular weight excluding hydrogens is 252 g/mol. The zero-order valence-corrected chi connectivity index (χ0v) is 11.0. The summed E-state index contributed by atoms with van der Waals surface area (Å²) in [5.74, 6) is -1.34. The number of nitrogen functional groups attached to an aromatic ring is 1. The summed E-state index contributed by atoms with van der Waals surface area (Å²) in [6, 6.07) is 15.9. The van der Waals surface area contributed by atoms with Gasteiger partial charge in [-0.2, -0.15) is 0 Å². The lowest BCUT2D eigenvalue weighted by Gasteiger charge is -2.13. The molecule has 0 fully saturated rings. The number of carbonyl (C=O) groups is 2. The summed E-state index contributed by atoms with van der Waals surface area (Å²) >= 11 is 0. The number of hydrogen-bond acceptors (Lipinski definition) is 3. The third kappa shape index (κ3) is 3.03. The summed E-state index contributed by atoms with van der Waals surface area (Å²) in [7, 11) is 0. The van der Waals surface area contributed by atoms with Crippen LogP contribution in [0.1, 0.15) is 28.3 Å². The van der Waals surface area contributed by atoms with Crippen LogP contribution in [-0.4, -0.2) is 11.7 Å². The number of rotatable bonds is 5. The zero-order valence-electron chi connectivity index (χ0n) is 11.0. The molecule has 0 aliphatic heterocycles. The fourth-order valence-corrected chi connectivity index (χ4v) is 2.11. The van der Waals surface area contributed by atoms with E-state index in [1.807, 2.05) is 18.2 Å². The van der Waals surface area contributed by atoms with Gasteiger partial charge in [-0.05, 0) is 17.7 Å². The van der Waals surface area contributed by atoms with Crippen LogP contribution >= 0.6 is 0 Å². The molecule has 1 unspecified atom stereocenters. The molecule has 2 aromatic carbocycles. The van der Waals surface area contributed by atoms with E-state index in [0.717, 1.165) is 5.56 Å². The first-order valence-corrected chi connectivity index (χ1v) is 6.31. The van der Waals surface area contributed by atoms with Crippen molar-refractivity contribution in [2.45, 2.75) is 12.3 Å². The van der Waals surface area contributed by atoms with Crippen LogP contribution in [0.15, 0.2) is 54.6 Å². The largest absolute Gasteiger partial charge is 0.398 e. The highest BCUT2D eigenvalue weighted by Crippen LogP contribution is 2.23. The van der Waals surface area contributed by atoms with E-state index in [1.54, 1.807) is 36.4 Å². The first-order valence-electron chi connectivity index (χ1n) is 6.31. The quantitative estimate of drug-likeness (QED) is 0.643. The van der Waals surface area contributed by atoms with Crippen molar-refractivity contribution in [3.8, 4) is 0 Å². The van der Waals surface area contributed by atoms with Gasteiger partial charge in [-0.3, -0.25) is 9.59 Å². The van der Waals surface area contributed by atoms with E-state index < -0.39 is 11.8 Å².